The number of aromatic nitrogens is 2. The van der Waals surface area contributed by atoms with E-state index in [9.17, 15) is 14.4 Å². The molecule has 0 spiro atoms. The molecule has 3 amide bonds. The molecule has 1 fully saturated rings. The fourth-order valence-electron chi connectivity index (χ4n) is 3.35. The highest BCUT2D eigenvalue weighted by Crippen LogP contribution is 2.21. The molecule has 10 heteroatoms. The summed E-state index contributed by atoms with van der Waals surface area (Å²) in [5.74, 6) is -0.487. The molecule has 1 aliphatic rings. The molecule has 1 unspecified atom stereocenters. The standard InChI is InChI=1S/C21H21N5O4S/c27-17(22-12-16-9-5-11-30-16)14-6-4-10-26(13-14)21(29)20-25-24-19(31-20)18(28)23-15-7-2-1-3-8-15/h1-3,5,7-9,11,14H,4,6,10,12-13H2,(H,22,27)(H,23,28). The minimum Gasteiger partial charge on any atom is -0.467 e. The second-order valence-electron chi connectivity index (χ2n) is 7.12. The van der Waals surface area contributed by atoms with Crippen LogP contribution >= 0.6 is 11.3 Å². The number of rotatable bonds is 6. The molecule has 0 aliphatic carbocycles. The number of anilines is 1. The molecule has 3 aromatic rings. The number of carbonyl (C=O) groups excluding carboxylic acids is 3. The van der Waals surface area contributed by atoms with Crippen molar-refractivity contribution in [2.24, 2.45) is 5.92 Å². The van der Waals surface area contributed by atoms with E-state index in [-0.39, 0.29) is 27.7 Å². The van der Waals surface area contributed by atoms with E-state index in [0.29, 0.717) is 43.9 Å². The summed E-state index contributed by atoms with van der Waals surface area (Å²) < 4.78 is 5.22. The summed E-state index contributed by atoms with van der Waals surface area (Å²) in [6.45, 7) is 1.15. The van der Waals surface area contributed by atoms with Crippen LogP contribution in [0, 0.1) is 5.92 Å². The van der Waals surface area contributed by atoms with E-state index in [1.807, 2.05) is 18.2 Å². The smallest absolute Gasteiger partial charge is 0.286 e. The van der Waals surface area contributed by atoms with Gasteiger partial charge in [0.1, 0.15) is 5.76 Å². The normalized spacial score (nSPS) is 16.0. The van der Waals surface area contributed by atoms with Gasteiger partial charge in [-0.2, -0.15) is 0 Å². The number of furan rings is 1. The zero-order valence-corrected chi connectivity index (χ0v) is 17.4. The first-order valence-corrected chi connectivity index (χ1v) is 10.7. The number of para-hydroxylation sites is 1. The molecule has 4 rings (SSSR count). The Bertz CT molecular complexity index is 1050. The van der Waals surface area contributed by atoms with Crippen molar-refractivity contribution in [2.45, 2.75) is 19.4 Å². The largest absolute Gasteiger partial charge is 0.467 e. The molecular weight excluding hydrogens is 418 g/mol. The first kappa shape index (κ1) is 20.7. The molecule has 0 saturated carbocycles. The van der Waals surface area contributed by atoms with Crippen LogP contribution in [-0.2, 0) is 11.3 Å². The van der Waals surface area contributed by atoms with Gasteiger partial charge in [0.2, 0.25) is 15.9 Å². The van der Waals surface area contributed by atoms with E-state index in [1.54, 1.807) is 35.4 Å². The molecule has 1 aromatic carbocycles. The van der Waals surface area contributed by atoms with Gasteiger partial charge < -0.3 is 20.0 Å². The van der Waals surface area contributed by atoms with Gasteiger partial charge in [-0.25, -0.2) is 0 Å². The maximum atomic E-state index is 12.9. The summed E-state index contributed by atoms with van der Waals surface area (Å²) >= 11 is 0.942. The van der Waals surface area contributed by atoms with Crippen LogP contribution in [0.4, 0.5) is 5.69 Å². The maximum Gasteiger partial charge on any atom is 0.286 e. The lowest BCUT2D eigenvalue weighted by Crippen LogP contribution is -2.45. The van der Waals surface area contributed by atoms with Crippen molar-refractivity contribution in [1.82, 2.24) is 20.4 Å². The first-order valence-electron chi connectivity index (χ1n) is 9.89. The number of likely N-dealkylation sites (tertiary alicyclic amines) is 1. The van der Waals surface area contributed by atoms with E-state index >= 15 is 0 Å². The fraction of sp³-hybridized carbons (Fsp3) is 0.286. The van der Waals surface area contributed by atoms with Crippen molar-refractivity contribution in [3.8, 4) is 0 Å². The number of nitrogens with one attached hydrogen (secondary N) is 2. The lowest BCUT2D eigenvalue weighted by molar-refractivity contribution is -0.126. The Morgan fingerprint density at radius 1 is 1.10 bits per heavy atom. The number of piperidine rings is 1. The third-order valence-electron chi connectivity index (χ3n) is 4.93. The van der Waals surface area contributed by atoms with Crippen LogP contribution in [0.3, 0.4) is 0 Å². The van der Waals surface area contributed by atoms with Crippen molar-refractivity contribution in [2.75, 3.05) is 18.4 Å². The van der Waals surface area contributed by atoms with Crippen molar-refractivity contribution in [3.63, 3.8) is 0 Å². The Morgan fingerprint density at radius 3 is 2.68 bits per heavy atom. The van der Waals surface area contributed by atoms with Gasteiger partial charge in [0, 0.05) is 18.8 Å². The van der Waals surface area contributed by atoms with E-state index < -0.39 is 5.91 Å². The minimum atomic E-state index is -0.420. The number of benzene rings is 1. The molecule has 1 atom stereocenters. The van der Waals surface area contributed by atoms with E-state index in [0.717, 1.165) is 11.3 Å². The SMILES string of the molecule is O=C(Nc1ccccc1)c1nnc(C(=O)N2CCCC(C(=O)NCc3ccco3)C2)s1. The Balaban J connectivity index is 1.34. The summed E-state index contributed by atoms with van der Waals surface area (Å²) in [4.78, 5) is 39.3. The molecule has 31 heavy (non-hydrogen) atoms. The molecule has 1 aliphatic heterocycles. The molecule has 9 nitrogen and oxygen atoms in total. The fourth-order valence-corrected chi connectivity index (χ4v) is 4.06. The van der Waals surface area contributed by atoms with Gasteiger partial charge in [-0.3, -0.25) is 14.4 Å². The summed E-state index contributed by atoms with van der Waals surface area (Å²) in [5.41, 5.74) is 0.634. The van der Waals surface area contributed by atoms with Gasteiger partial charge in [-0.15, -0.1) is 10.2 Å². The number of hydrogen-bond acceptors (Lipinski definition) is 7. The highest BCUT2D eigenvalue weighted by atomic mass is 32.1. The third-order valence-corrected chi connectivity index (χ3v) is 5.84. The van der Waals surface area contributed by atoms with Gasteiger partial charge in [0.05, 0.1) is 18.7 Å². The van der Waals surface area contributed by atoms with Crippen LogP contribution in [0.5, 0.6) is 0 Å². The van der Waals surface area contributed by atoms with Crippen LogP contribution in [0.1, 0.15) is 38.2 Å². The molecule has 0 bridgehead atoms. The number of hydrogen-bond donors (Lipinski definition) is 2. The maximum absolute atomic E-state index is 12.9. The molecule has 2 N–H and O–H groups in total. The average Bonchev–Trinajstić information content (AvgIpc) is 3.50. The number of amides is 3. The highest BCUT2D eigenvalue weighted by molar-refractivity contribution is 7.15. The van der Waals surface area contributed by atoms with Crippen molar-refractivity contribution in [1.29, 1.82) is 0 Å². The summed E-state index contributed by atoms with van der Waals surface area (Å²) in [5, 5.41) is 13.6. The van der Waals surface area contributed by atoms with Gasteiger partial charge in [-0.05, 0) is 37.1 Å². The van der Waals surface area contributed by atoms with Gasteiger partial charge in [-0.1, -0.05) is 29.5 Å². The predicted molar refractivity (Wildman–Crippen MR) is 113 cm³/mol. The summed E-state index contributed by atoms with van der Waals surface area (Å²) in [6.07, 6.45) is 2.97. The third kappa shape index (κ3) is 5.15. The lowest BCUT2D eigenvalue weighted by Gasteiger charge is -2.31. The monoisotopic (exact) mass is 439 g/mol. The topological polar surface area (TPSA) is 117 Å². The van der Waals surface area contributed by atoms with Crippen LogP contribution in [0.25, 0.3) is 0 Å². The van der Waals surface area contributed by atoms with Gasteiger partial charge in [0.25, 0.3) is 11.8 Å². The average molecular weight is 439 g/mol. The van der Waals surface area contributed by atoms with Gasteiger partial charge >= 0.3 is 0 Å². The number of nitrogens with zero attached hydrogens (tertiary/aromatic N) is 3. The Labute approximate surface area is 182 Å². The van der Waals surface area contributed by atoms with E-state index in [4.69, 9.17) is 4.42 Å². The molecule has 160 valence electrons. The molecule has 1 saturated heterocycles. The molecule has 2 aromatic heterocycles. The minimum absolute atomic E-state index is 0.108. The van der Waals surface area contributed by atoms with Crippen molar-refractivity contribution >= 4 is 34.7 Å². The summed E-state index contributed by atoms with van der Waals surface area (Å²) in [7, 11) is 0. The predicted octanol–water partition coefficient (Wildman–Crippen LogP) is 2.55. The quantitative estimate of drug-likeness (QED) is 0.610. The highest BCUT2D eigenvalue weighted by Gasteiger charge is 2.31. The second-order valence-corrected chi connectivity index (χ2v) is 8.10. The second kappa shape index (κ2) is 9.52. The summed E-state index contributed by atoms with van der Waals surface area (Å²) in [6, 6.07) is 12.5. The van der Waals surface area contributed by atoms with Crippen LogP contribution in [-0.4, -0.2) is 45.9 Å². The first-order chi connectivity index (χ1) is 15.1. The van der Waals surface area contributed by atoms with Crippen LogP contribution < -0.4 is 10.6 Å². The molecule has 3 heterocycles. The van der Waals surface area contributed by atoms with Crippen molar-refractivity contribution in [3.05, 3.63) is 64.5 Å². The number of carbonyl (C=O) groups is 3. The van der Waals surface area contributed by atoms with E-state index in [1.165, 1.54) is 0 Å². The van der Waals surface area contributed by atoms with Crippen molar-refractivity contribution < 1.29 is 18.8 Å². The van der Waals surface area contributed by atoms with Gasteiger partial charge in [0.15, 0.2) is 0 Å². The zero-order valence-electron chi connectivity index (χ0n) is 16.6. The molecule has 0 radical (unpaired) electrons. The lowest BCUT2D eigenvalue weighted by atomic mass is 9.97. The molecular formula is C21H21N5O4S. The zero-order chi connectivity index (χ0) is 21.6. The van der Waals surface area contributed by atoms with Crippen LogP contribution in [0.15, 0.2) is 53.1 Å². The van der Waals surface area contributed by atoms with Crippen LogP contribution in [0.2, 0.25) is 0 Å². The Kier molecular flexibility index (Phi) is 6.37. The van der Waals surface area contributed by atoms with E-state index in [2.05, 4.69) is 20.8 Å². The Hall–Kier alpha value is -3.53. The Morgan fingerprint density at radius 2 is 1.90 bits per heavy atom.